The summed E-state index contributed by atoms with van der Waals surface area (Å²) in [4.78, 5) is 30.6. The van der Waals surface area contributed by atoms with E-state index in [9.17, 15) is 14.0 Å². The summed E-state index contributed by atoms with van der Waals surface area (Å²) in [5.74, 6) is -0.530. The van der Waals surface area contributed by atoms with Gasteiger partial charge in [0, 0.05) is 12.4 Å². The molecule has 0 aliphatic carbocycles. The number of pyridine rings is 1. The lowest BCUT2D eigenvalue weighted by molar-refractivity contribution is 0.629. The van der Waals surface area contributed by atoms with Gasteiger partial charge in [0.1, 0.15) is 5.82 Å². The van der Waals surface area contributed by atoms with Gasteiger partial charge in [-0.15, -0.1) is 0 Å². The fourth-order valence-corrected chi connectivity index (χ4v) is 1.91. The first kappa shape index (κ1) is 11.3. The number of aromatic amines is 1. The molecule has 0 saturated heterocycles. The van der Waals surface area contributed by atoms with Crippen molar-refractivity contribution in [1.82, 2.24) is 14.5 Å². The van der Waals surface area contributed by atoms with Crippen molar-refractivity contribution in [1.29, 1.82) is 0 Å². The maximum absolute atomic E-state index is 13.2. The van der Waals surface area contributed by atoms with E-state index < -0.39 is 17.1 Å². The monoisotopic (exact) mass is 257 g/mol. The minimum Gasteiger partial charge on any atom is -0.306 e. The van der Waals surface area contributed by atoms with Crippen molar-refractivity contribution in [2.45, 2.75) is 0 Å². The van der Waals surface area contributed by atoms with Crippen LogP contribution in [0.3, 0.4) is 0 Å². The normalized spacial score (nSPS) is 10.8. The van der Waals surface area contributed by atoms with Gasteiger partial charge < -0.3 is 4.98 Å². The van der Waals surface area contributed by atoms with Crippen LogP contribution in [-0.4, -0.2) is 14.5 Å². The standard InChI is InChI=1S/C13H8FN3O2/c14-8-1-2-11-10(7-8)12(18)17(13(19)16-11)9-3-5-15-6-4-9/h1-7H,(H,16,19). The molecule has 0 atom stereocenters. The lowest BCUT2D eigenvalue weighted by atomic mass is 10.2. The van der Waals surface area contributed by atoms with Crippen LogP contribution < -0.4 is 11.2 Å². The van der Waals surface area contributed by atoms with Gasteiger partial charge in [0.15, 0.2) is 0 Å². The van der Waals surface area contributed by atoms with Gasteiger partial charge in [0.05, 0.1) is 16.6 Å². The molecule has 0 aliphatic rings. The second-order valence-corrected chi connectivity index (χ2v) is 3.97. The number of benzene rings is 1. The Kier molecular flexibility index (Phi) is 2.49. The molecular formula is C13H8FN3O2. The van der Waals surface area contributed by atoms with Crippen LogP contribution in [0.4, 0.5) is 4.39 Å². The van der Waals surface area contributed by atoms with Gasteiger partial charge in [-0.05, 0) is 30.3 Å². The van der Waals surface area contributed by atoms with Crippen LogP contribution in [0.5, 0.6) is 0 Å². The molecule has 1 aromatic carbocycles. The third kappa shape index (κ3) is 1.83. The van der Waals surface area contributed by atoms with Crippen molar-refractivity contribution < 1.29 is 4.39 Å². The van der Waals surface area contributed by atoms with Gasteiger partial charge in [-0.3, -0.25) is 9.78 Å². The molecule has 0 unspecified atom stereocenters. The largest absolute Gasteiger partial charge is 0.333 e. The molecule has 3 rings (SSSR count). The fourth-order valence-electron chi connectivity index (χ4n) is 1.91. The number of halogens is 1. The van der Waals surface area contributed by atoms with Gasteiger partial charge >= 0.3 is 5.69 Å². The molecule has 0 bridgehead atoms. The number of fused-ring (bicyclic) bond motifs is 1. The van der Waals surface area contributed by atoms with Gasteiger partial charge in [-0.2, -0.15) is 0 Å². The Labute approximate surface area is 106 Å². The molecule has 1 N–H and O–H groups in total. The molecule has 0 fully saturated rings. The second-order valence-electron chi connectivity index (χ2n) is 3.97. The van der Waals surface area contributed by atoms with E-state index in [2.05, 4.69) is 9.97 Å². The Morgan fingerprint density at radius 3 is 2.58 bits per heavy atom. The van der Waals surface area contributed by atoms with Gasteiger partial charge in [-0.1, -0.05) is 0 Å². The minimum atomic E-state index is -0.574. The molecule has 0 amide bonds. The van der Waals surface area contributed by atoms with E-state index in [1.54, 1.807) is 0 Å². The van der Waals surface area contributed by atoms with Crippen molar-refractivity contribution in [3.05, 3.63) is 69.4 Å². The second kappa shape index (κ2) is 4.16. The molecule has 94 valence electrons. The molecule has 0 aliphatic heterocycles. The summed E-state index contributed by atoms with van der Waals surface area (Å²) in [5, 5.41) is 0.122. The van der Waals surface area contributed by atoms with E-state index in [1.165, 1.54) is 36.7 Å². The predicted molar refractivity (Wildman–Crippen MR) is 67.9 cm³/mol. The fraction of sp³-hybridized carbons (Fsp3) is 0. The summed E-state index contributed by atoms with van der Waals surface area (Å²) in [6, 6.07) is 6.72. The number of hydrogen-bond donors (Lipinski definition) is 1. The third-order valence-electron chi connectivity index (χ3n) is 2.78. The van der Waals surface area contributed by atoms with Crippen LogP contribution in [0.1, 0.15) is 0 Å². The van der Waals surface area contributed by atoms with E-state index in [1.807, 2.05) is 0 Å². The highest BCUT2D eigenvalue weighted by atomic mass is 19.1. The molecule has 2 heterocycles. The number of rotatable bonds is 1. The summed E-state index contributed by atoms with van der Waals surface area (Å²) in [5.41, 5.74) is -0.450. The van der Waals surface area contributed by atoms with Crippen LogP contribution in [0.15, 0.2) is 52.3 Å². The highest BCUT2D eigenvalue weighted by Crippen LogP contribution is 2.08. The highest BCUT2D eigenvalue weighted by Gasteiger charge is 2.09. The van der Waals surface area contributed by atoms with Crippen molar-refractivity contribution in [2.75, 3.05) is 0 Å². The SMILES string of the molecule is O=c1[nH]c2ccc(F)cc2c(=O)n1-c1ccncc1. The Balaban J connectivity index is 2.44. The number of nitrogens with one attached hydrogen (secondary N) is 1. The quantitative estimate of drug-likeness (QED) is 0.712. The summed E-state index contributed by atoms with van der Waals surface area (Å²) < 4.78 is 14.1. The zero-order valence-electron chi connectivity index (χ0n) is 9.63. The zero-order valence-corrected chi connectivity index (χ0v) is 9.63. The van der Waals surface area contributed by atoms with E-state index in [0.29, 0.717) is 11.2 Å². The smallest absolute Gasteiger partial charge is 0.306 e. The number of H-pyrrole nitrogens is 1. The summed E-state index contributed by atoms with van der Waals surface area (Å²) in [6.07, 6.45) is 2.94. The average Bonchev–Trinajstić information content (AvgIpc) is 2.41. The lowest BCUT2D eigenvalue weighted by Gasteiger charge is -2.05. The van der Waals surface area contributed by atoms with Crippen molar-refractivity contribution in [2.24, 2.45) is 0 Å². The average molecular weight is 257 g/mol. The maximum atomic E-state index is 13.2. The summed E-state index contributed by atoms with van der Waals surface area (Å²) in [7, 11) is 0. The molecule has 6 heteroatoms. The molecular weight excluding hydrogens is 249 g/mol. The molecule has 0 radical (unpaired) electrons. The van der Waals surface area contributed by atoms with Gasteiger partial charge in [-0.25, -0.2) is 13.8 Å². The van der Waals surface area contributed by atoms with Gasteiger partial charge in [0.2, 0.25) is 0 Å². The molecule has 5 nitrogen and oxygen atoms in total. The Morgan fingerprint density at radius 1 is 1.11 bits per heavy atom. The summed E-state index contributed by atoms with van der Waals surface area (Å²) in [6.45, 7) is 0. The van der Waals surface area contributed by atoms with Crippen molar-refractivity contribution in [3.8, 4) is 5.69 Å². The van der Waals surface area contributed by atoms with E-state index >= 15 is 0 Å². The van der Waals surface area contributed by atoms with Crippen molar-refractivity contribution >= 4 is 10.9 Å². The first-order valence-electron chi connectivity index (χ1n) is 5.52. The van der Waals surface area contributed by atoms with Crippen LogP contribution in [0, 0.1) is 5.82 Å². The molecule has 0 spiro atoms. The van der Waals surface area contributed by atoms with E-state index in [0.717, 1.165) is 10.6 Å². The Morgan fingerprint density at radius 2 is 1.84 bits per heavy atom. The third-order valence-corrected chi connectivity index (χ3v) is 2.78. The number of hydrogen-bond acceptors (Lipinski definition) is 3. The van der Waals surface area contributed by atoms with E-state index in [-0.39, 0.29) is 5.39 Å². The number of aromatic nitrogens is 3. The van der Waals surface area contributed by atoms with Crippen LogP contribution in [0.25, 0.3) is 16.6 Å². The molecule has 19 heavy (non-hydrogen) atoms. The Hall–Kier alpha value is -2.76. The zero-order chi connectivity index (χ0) is 13.4. The first-order valence-corrected chi connectivity index (χ1v) is 5.52. The minimum absolute atomic E-state index is 0.122. The molecule has 2 aromatic heterocycles. The first-order chi connectivity index (χ1) is 9.16. The number of nitrogens with zero attached hydrogens (tertiary/aromatic N) is 2. The summed E-state index contributed by atoms with van der Waals surface area (Å²) >= 11 is 0. The topological polar surface area (TPSA) is 67.8 Å². The lowest BCUT2D eigenvalue weighted by Crippen LogP contribution is -2.33. The maximum Gasteiger partial charge on any atom is 0.333 e. The van der Waals surface area contributed by atoms with Crippen LogP contribution in [0.2, 0.25) is 0 Å². The molecule has 0 saturated carbocycles. The highest BCUT2D eigenvalue weighted by molar-refractivity contribution is 5.77. The Bertz CT molecular complexity index is 868. The van der Waals surface area contributed by atoms with Gasteiger partial charge in [0.25, 0.3) is 5.56 Å². The van der Waals surface area contributed by atoms with Crippen molar-refractivity contribution in [3.63, 3.8) is 0 Å². The predicted octanol–water partition coefficient (Wildman–Crippen LogP) is 1.21. The van der Waals surface area contributed by atoms with E-state index in [4.69, 9.17) is 0 Å². The van der Waals surface area contributed by atoms with Crippen LogP contribution >= 0.6 is 0 Å². The molecule has 3 aromatic rings. The van der Waals surface area contributed by atoms with Crippen LogP contribution in [-0.2, 0) is 0 Å².